The number of hydrogen-bond acceptors (Lipinski definition) is 4. The fourth-order valence-electron chi connectivity index (χ4n) is 3.27. The van der Waals surface area contributed by atoms with E-state index in [1.807, 2.05) is 34.0 Å². The van der Waals surface area contributed by atoms with E-state index in [0.29, 0.717) is 19.1 Å². The van der Waals surface area contributed by atoms with Gasteiger partial charge < -0.3 is 9.64 Å². The number of aromatic nitrogens is 3. The molecule has 0 spiro atoms. The normalized spacial score (nSPS) is 20.2. The SMILES string of the molecule is O=C(Nc1ccnn1CC1CC1)N1CCC[C@@H](OCc2cccnc2)C1. The number of nitrogens with zero attached hydrogens (tertiary/aromatic N) is 4. The minimum Gasteiger partial charge on any atom is -0.372 e. The summed E-state index contributed by atoms with van der Waals surface area (Å²) >= 11 is 0. The van der Waals surface area contributed by atoms with Gasteiger partial charge in [0.25, 0.3) is 0 Å². The second kappa shape index (κ2) is 7.86. The Morgan fingerprint density at radius 3 is 3.00 bits per heavy atom. The van der Waals surface area contributed by atoms with E-state index < -0.39 is 0 Å². The largest absolute Gasteiger partial charge is 0.372 e. The van der Waals surface area contributed by atoms with Gasteiger partial charge in [0.05, 0.1) is 18.9 Å². The highest BCUT2D eigenvalue weighted by molar-refractivity contribution is 5.88. The van der Waals surface area contributed by atoms with Gasteiger partial charge in [0.2, 0.25) is 0 Å². The van der Waals surface area contributed by atoms with Crippen molar-refractivity contribution in [2.75, 3.05) is 18.4 Å². The Hall–Kier alpha value is -2.41. The first-order chi connectivity index (χ1) is 12.8. The number of ether oxygens (including phenoxy) is 1. The summed E-state index contributed by atoms with van der Waals surface area (Å²) < 4.78 is 7.89. The minimum absolute atomic E-state index is 0.0612. The van der Waals surface area contributed by atoms with E-state index in [2.05, 4.69) is 15.4 Å². The van der Waals surface area contributed by atoms with Crippen molar-refractivity contribution in [2.45, 2.75) is 44.9 Å². The van der Waals surface area contributed by atoms with Crippen molar-refractivity contribution < 1.29 is 9.53 Å². The highest BCUT2D eigenvalue weighted by Crippen LogP contribution is 2.31. The van der Waals surface area contributed by atoms with Crippen LogP contribution in [0.5, 0.6) is 0 Å². The molecule has 1 aliphatic heterocycles. The fraction of sp³-hybridized carbons (Fsp3) is 0.526. The van der Waals surface area contributed by atoms with Crippen molar-refractivity contribution >= 4 is 11.8 Å². The topological polar surface area (TPSA) is 72.3 Å². The highest BCUT2D eigenvalue weighted by Gasteiger charge is 2.26. The van der Waals surface area contributed by atoms with E-state index in [0.717, 1.165) is 37.3 Å². The Kier molecular flexibility index (Phi) is 5.15. The summed E-state index contributed by atoms with van der Waals surface area (Å²) in [6.07, 6.45) is 9.82. The Morgan fingerprint density at radius 1 is 1.27 bits per heavy atom. The summed E-state index contributed by atoms with van der Waals surface area (Å²) in [5, 5.41) is 7.33. The third-order valence-corrected chi connectivity index (χ3v) is 4.95. The molecule has 0 unspecified atom stereocenters. The lowest BCUT2D eigenvalue weighted by atomic mass is 10.1. The standard InChI is InChI=1S/C19H25N5O2/c25-19(22-18-7-9-21-24(18)12-15-5-6-15)23-10-2-4-17(13-23)26-14-16-3-1-8-20-11-16/h1,3,7-9,11,15,17H,2,4-6,10,12-14H2,(H,22,25)/t17-/m1/s1. The molecule has 26 heavy (non-hydrogen) atoms. The molecule has 4 rings (SSSR count). The maximum atomic E-state index is 12.6. The number of urea groups is 1. The van der Waals surface area contributed by atoms with Crippen molar-refractivity contribution in [1.82, 2.24) is 19.7 Å². The van der Waals surface area contributed by atoms with Gasteiger partial charge in [-0.3, -0.25) is 10.3 Å². The van der Waals surface area contributed by atoms with Crippen LogP contribution in [0.2, 0.25) is 0 Å². The third kappa shape index (κ3) is 4.40. The van der Waals surface area contributed by atoms with E-state index in [1.54, 1.807) is 12.4 Å². The van der Waals surface area contributed by atoms with E-state index in [9.17, 15) is 4.79 Å². The average Bonchev–Trinajstić information content (AvgIpc) is 3.40. The molecule has 0 aromatic carbocycles. The molecule has 1 atom stereocenters. The van der Waals surface area contributed by atoms with Crippen LogP contribution in [0.3, 0.4) is 0 Å². The quantitative estimate of drug-likeness (QED) is 0.865. The number of nitrogens with one attached hydrogen (secondary N) is 1. The molecular formula is C19H25N5O2. The molecule has 1 N–H and O–H groups in total. The predicted octanol–water partition coefficient (Wildman–Crippen LogP) is 2.90. The number of hydrogen-bond donors (Lipinski definition) is 1. The summed E-state index contributed by atoms with van der Waals surface area (Å²) in [5.74, 6) is 1.49. The molecule has 0 bridgehead atoms. The highest BCUT2D eigenvalue weighted by atomic mass is 16.5. The number of amides is 2. The smallest absolute Gasteiger partial charge is 0.323 e. The number of rotatable bonds is 6. The van der Waals surface area contributed by atoms with E-state index >= 15 is 0 Å². The summed E-state index contributed by atoms with van der Waals surface area (Å²) in [6.45, 7) is 2.79. The monoisotopic (exact) mass is 355 g/mol. The zero-order valence-electron chi connectivity index (χ0n) is 14.9. The number of likely N-dealkylation sites (tertiary alicyclic amines) is 1. The molecule has 2 fully saturated rings. The van der Waals surface area contributed by atoms with Gasteiger partial charge >= 0.3 is 6.03 Å². The summed E-state index contributed by atoms with van der Waals surface area (Å²) in [5.41, 5.74) is 1.05. The molecule has 3 heterocycles. The molecular weight excluding hydrogens is 330 g/mol. The van der Waals surface area contributed by atoms with Crippen LogP contribution in [0, 0.1) is 5.92 Å². The Balaban J connectivity index is 1.29. The molecule has 1 saturated heterocycles. The first-order valence-electron chi connectivity index (χ1n) is 9.36. The predicted molar refractivity (Wildman–Crippen MR) is 97.6 cm³/mol. The summed E-state index contributed by atoms with van der Waals surface area (Å²) in [6, 6.07) is 5.70. The van der Waals surface area contributed by atoms with Crippen LogP contribution < -0.4 is 5.32 Å². The van der Waals surface area contributed by atoms with Crippen LogP contribution in [0.1, 0.15) is 31.2 Å². The number of pyridine rings is 1. The van der Waals surface area contributed by atoms with Crippen LogP contribution in [0.15, 0.2) is 36.8 Å². The van der Waals surface area contributed by atoms with Crippen molar-refractivity contribution in [1.29, 1.82) is 0 Å². The lowest BCUT2D eigenvalue weighted by molar-refractivity contribution is 0.000900. The maximum Gasteiger partial charge on any atom is 0.323 e. The van der Waals surface area contributed by atoms with E-state index in [-0.39, 0.29) is 12.1 Å². The van der Waals surface area contributed by atoms with Crippen LogP contribution >= 0.6 is 0 Å². The molecule has 2 aliphatic rings. The summed E-state index contributed by atoms with van der Waals surface area (Å²) in [7, 11) is 0. The zero-order chi connectivity index (χ0) is 17.8. The van der Waals surface area contributed by atoms with E-state index in [1.165, 1.54) is 12.8 Å². The first kappa shape index (κ1) is 17.0. The van der Waals surface area contributed by atoms with Gasteiger partial charge in [-0.2, -0.15) is 5.10 Å². The van der Waals surface area contributed by atoms with Gasteiger partial charge in [-0.25, -0.2) is 9.48 Å². The van der Waals surface area contributed by atoms with Gasteiger partial charge in [0, 0.05) is 38.1 Å². The number of anilines is 1. The third-order valence-electron chi connectivity index (χ3n) is 4.95. The van der Waals surface area contributed by atoms with Gasteiger partial charge in [-0.1, -0.05) is 6.07 Å². The zero-order valence-corrected chi connectivity index (χ0v) is 14.9. The van der Waals surface area contributed by atoms with Crippen molar-refractivity contribution in [3.05, 3.63) is 42.4 Å². The fourth-order valence-corrected chi connectivity index (χ4v) is 3.27. The molecule has 0 radical (unpaired) electrons. The molecule has 2 aromatic heterocycles. The van der Waals surface area contributed by atoms with Crippen LogP contribution in [-0.2, 0) is 17.9 Å². The van der Waals surface area contributed by atoms with Gasteiger partial charge in [-0.15, -0.1) is 0 Å². The average molecular weight is 355 g/mol. The van der Waals surface area contributed by atoms with Crippen LogP contribution in [-0.4, -0.2) is 44.9 Å². The lowest BCUT2D eigenvalue weighted by Crippen LogP contribution is -2.45. The number of carbonyl (C=O) groups is 1. The molecule has 7 heteroatoms. The maximum absolute atomic E-state index is 12.6. The van der Waals surface area contributed by atoms with Gasteiger partial charge in [0.1, 0.15) is 5.82 Å². The Bertz CT molecular complexity index is 729. The Morgan fingerprint density at radius 2 is 2.19 bits per heavy atom. The van der Waals surface area contributed by atoms with Crippen molar-refractivity contribution in [3.63, 3.8) is 0 Å². The van der Waals surface area contributed by atoms with Crippen LogP contribution in [0.25, 0.3) is 0 Å². The summed E-state index contributed by atoms with van der Waals surface area (Å²) in [4.78, 5) is 18.6. The van der Waals surface area contributed by atoms with Crippen molar-refractivity contribution in [3.8, 4) is 0 Å². The van der Waals surface area contributed by atoms with Crippen molar-refractivity contribution in [2.24, 2.45) is 5.92 Å². The molecule has 138 valence electrons. The second-order valence-electron chi connectivity index (χ2n) is 7.15. The lowest BCUT2D eigenvalue weighted by Gasteiger charge is -2.32. The van der Waals surface area contributed by atoms with Crippen LogP contribution in [0.4, 0.5) is 10.6 Å². The molecule has 1 aliphatic carbocycles. The molecule has 1 saturated carbocycles. The van der Waals surface area contributed by atoms with E-state index in [4.69, 9.17) is 4.74 Å². The second-order valence-corrected chi connectivity index (χ2v) is 7.15. The van der Waals surface area contributed by atoms with Gasteiger partial charge in [-0.05, 0) is 43.2 Å². The molecule has 2 amide bonds. The number of carbonyl (C=O) groups excluding carboxylic acids is 1. The molecule has 7 nitrogen and oxygen atoms in total. The Labute approximate surface area is 153 Å². The van der Waals surface area contributed by atoms with Gasteiger partial charge in [0.15, 0.2) is 0 Å². The first-order valence-corrected chi connectivity index (χ1v) is 9.36. The minimum atomic E-state index is -0.0720. The molecule has 2 aromatic rings. The number of piperidine rings is 1.